The fourth-order valence-electron chi connectivity index (χ4n) is 3.90. The van der Waals surface area contributed by atoms with Gasteiger partial charge in [0.1, 0.15) is 11.6 Å². The third-order valence-corrected chi connectivity index (χ3v) is 5.95. The number of nitrogens with one attached hydrogen (secondary N) is 1. The molecule has 1 aromatic heterocycles. The quantitative estimate of drug-likeness (QED) is 0.421. The van der Waals surface area contributed by atoms with Crippen LogP contribution in [0.4, 0.5) is 4.39 Å². The first kappa shape index (κ1) is 26.8. The maximum atomic E-state index is 13.3. The molecule has 0 aliphatic carbocycles. The molecule has 1 aliphatic rings. The second-order valence-corrected chi connectivity index (χ2v) is 8.37. The summed E-state index contributed by atoms with van der Waals surface area (Å²) in [5.41, 5.74) is 2.88. The summed E-state index contributed by atoms with van der Waals surface area (Å²) in [5.74, 6) is -2.67. The molecular weight excluding hydrogens is 467 g/mol. The lowest BCUT2D eigenvalue weighted by atomic mass is 10.0. The fourth-order valence-corrected chi connectivity index (χ4v) is 3.90. The Morgan fingerprint density at radius 1 is 1.06 bits per heavy atom. The minimum Gasteiger partial charge on any atom is -0.473 e. The van der Waals surface area contributed by atoms with Gasteiger partial charge in [-0.25, -0.2) is 18.7 Å². The number of ether oxygens (including phenoxy) is 1. The normalized spacial score (nSPS) is 14.1. The van der Waals surface area contributed by atoms with Crippen molar-refractivity contribution in [3.63, 3.8) is 0 Å². The highest BCUT2D eigenvalue weighted by Gasteiger charge is 2.22. The lowest BCUT2D eigenvalue weighted by Crippen LogP contribution is -2.42. The van der Waals surface area contributed by atoms with Gasteiger partial charge in [0.15, 0.2) is 0 Å². The molecule has 0 radical (unpaired) electrons. The summed E-state index contributed by atoms with van der Waals surface area (Å²) in [6, 6.07) is 16.5. The van der Waals surface area contributed by atoms with E-state index in [-0.39, 0.29) is 5.82 Å². The summed E-state index contributed by atoms with van der Waals surface area (Å²) in [4.78, 5) is 20.7. The van der Waals surface area contributed by atoms with E-state index in [0.29, 0.717) is 24.2 Å². The van der Waals surface area contributed by atoms with Crippen molar-refractivity contribution in [2.75, 3.05) is 19.6 Å². The number of hydrogen-bond donors (Lipinski definition) is 3. The molecule has 192 valence electrons. The molecule has 0 amide bonds. The summed E-state index contributed by atoms with van der Waals surface area (Å²) in [6.45, 7) is 8.30. The van der Waals surface area contributed by atoms with Gasteiger partial charge >= 0.3 is 11.9 Å². The Hall–Kier alpha value is -3.76. The first-order valence-electron chi connectivity index (χ1n) is 11.8. The van der Waals surface area contributed by atoms with Gasteiger partial charge in [0.2, 0.25) is 5.88 Å². The summed E-state index contributed by atoms with van der Waals surface area (Å²) in [6.07, 6.45) is 2.29. The van der Waals surface area contributed by atoms with E-state index in [9.17, 15) is 4.39 Å². The van der Waals surface area contributed by atoms with Crippen molar-refractivity contribution >= 4 is 11.9 Å². The zero-order valence-corrected chi connectivity index (χ0v) is 20.4. The predicted octanol–water partition coefficient (Wildman–Crippen LogP) is 3.84. The van der Waals surface area contributed by atoms with Gasteiger partial charge in [-0.2, -0.15) is 5.10 Å². The SMILES string of the molecule is CCN1CCC(NCc2c(C)nn(-c3ccccc3)c2Oc2ccc(F)cc2)CC1.O=C(O)C(=O)O. The van der Waals surface area contributed by atoms with Crippen molar-refractivity contribution in [2.45, 2.75) is 39.3 Å². The van der Waals surface area contributed by atoms with Gasteiger partial charge in [0, 0.05) is 12.6 Å². The minimum atomic E-state index is -1.82. The number of nitrogens with zero attached hydrogens (tertiary/aromatic N) is 3. The first-order valence-corrected chi connectivity index (χ1v) is 11.8. The summed E-state index contributed by atoms with van der Waals surface area (Å²) in [7, 11) is 0. The standard InChI is InChI=1S/C24H29FN4O.C2H2O4/c1-3-28-15-13-20(14-16-28)26-17-23-18(2)27-29(21-7-5-4-6-8-21)24(23)30-22-11-9-19(25)10-12-22;3-1(4)2(5)6/h4-12,20,26H,3,13-17H2,1-2H3;(H,3,4)(H,5,6). The van der Waals surface area contributed by atoms with Gasteiger partial charge in [-0.3, -0.25) is 0 Å². The second-order valence-electron chi connectivity index (χ2n) is 8.37. The van der Waals surface area contributed by atoms with Crippen LogP contribution in [0.3, 0.4) is 0 Å². The number of aryl methyl sites for hydroxylation is 1. The molecule has 3 aromatic rings. The topological polar surface area (TPSA) is 117 Å². The Bertz CT molecular complexity index is 1130. The van der Waals surface area contributed by atoms with Crippen LogP contribution in [-0.2, 0) is 16.1 Å². The smallest absolute Gasteiger partial charge is 0.414 e. The van der Waals surface area contributed by atoms with E-state index in [0.717, 1.165) is 49.4 Å². The van der Waals surface area contributed by atoms with Crippen molar-refractivity contribution in [3.05, 3.63) is 71.7 Å². The summed E-state index contributed by atoms with van der Waals surface area (Å²) in [5, 5.41) is 23.2. The monoisotopic (exact) mass is 498 g/mol. The average Bonchev–Trinajstić information content (AvgIpc) is 3.20. The third-order valence-electron chi connectivity index (χ3n) is 5.95. The molecule has 3 N–H and O–H groups in total. The van der Waals surface area contributed by atoms with Crippen molar-refractivity contribution in [2.24, 2.45) is 0 Å². The van der Waals surface area contributed by atoms with Crippen molar-refractivity contribution in [1.29, 1.82) is 0 Å². The molecule has 36 heavy (non-hydrogen) atoms. The third kappa shape index (κ3) is 7.37. The molecule has 9 nitrogen and oxygen atoms in total. The van der Waals surface area contributed by atoms with E-state index < -0.39 is 11.9 Å². The first-order chi connectivity index (χ1) is 17.3. The van der Waals surface area contributed by atoms with Crippen LogP contribution in [0.1, 0.15) is 31.0 Å². The van der Waals surface area contributed by atoms with Crippen LogP contribution in [0.15, 0.2) is 54.6 Å². The summed E-state index contributed by atoms with van der Waals surface area (Å²) < 4.78 is 21.4. The Balaban J connectivity index is 0.000000538. The van der Waals surface area contributed by atoms with E-state index in [4.69, 9.17) is 29.6 Å². The van der Waals surface area contributed by atoms with E-state index in [1.54, 1.807) is 12.1 Å². The zero-order valence-electron chi connectivity index (χ0n) is 20.4. The number of carbonyl (C=O) groups is 2. The van der Waals surface area contributed by atoms with Crippen molar-refractivity contribution < 1.29 is 28.9 Å². The molecule has 0 bridgehead atoms. The Morgan fingerprint density at radius 3 is 2.22 bits per heavy atom. The number of halogens is 1. The van der Waals surface area contributed by atoms with Crippen LogP contribution in [0, 0.1) is 12.7 Å². The zero-order chi connectivity index (χ0) is 26.1. The molecule has 1 fully saturated rings. The molecule has 0 spiro atoms. The van der Waals surface area contributed by atoms with Crippen molar-refractivity contribution in [3.8, 4) is 17.3 Å². The highest BCUT2D eigenvalue weighted by molar-refractivity contribution is 6.27. The molecule has 0 saturated carbocycles. The molecule has 0 unspecified atom stereocenters. The average molecular weight is 499 g/mol. The van der Waals surface area contributed by atoms with Gasteiger partial charge in [-0.1, -0.05) is 25.1 Å². The van der Waals surface area contributed by atoms with Gasteiger partial charge in [0.25, 0.3) is 0 Å². The number of carboxylic acid groups (broad SMARTS) is 2. The molecule has 1 aliphatic heterocycles. The van der Waals surface area contributed by atoms with Crippen LogP contribution in [0.2, 0.25) is 0 Å². The lowest BCUT2D eigenvalue weighted by molar-refractivity contribution is -0.159. The molecule has 4 rings (SSSR count). The number of para-hydroxylation sites is 1. The number of benzene rings is 2. The van der Waals surface area contributed by atoms with E-state index in [1.807, 2.05) is 41.9 Å². The van der Waals surface area contributed by atoms with Crippen LogP contribution >= 0.6 is 0 Å². The lowest BCUT2D eigenvalue weighted by Gasteiger charge is -2.31. The number of aliphatic carboxylic acids is 2. The molecule has 10 heteroatoms. The van der Waals surface area contributed by atoms with Crippen LogP contribution < -0.4 is 10.1 Å². The fraction of sp³-hybridized carbons (Fsp3) is 0.346. The molecular formula is C26H31FN4O5. The van der Waals surface area contributed by atoms with Crippen LogP contribution in [0.5, 0.6) is 11.6 Å². The maximum absolute atomic E-state index is 13.3. The van der Waals surface area contributed by atoms with Gasteiger partial charge < -0.3 is 25.2 Å². The molecule has 1 saturated heterocycles. The summed E-state index contributed by atoms with van der Waals surface area (Å²) >= 11 is 0. The van der Waals surface area contributed by atoms with Gasteiger partial charge in [0.05, 0.1) is 16.9 Å². The Morgan fingerprint density at radius 2 is 1.67 bits per heavy atom. The van der Waals surface area contributed by atoms with Gasteiger partial charge in [-0.15, -0.1) is 0 Å². The molecule has 2 heterocycles. The van der Waals surface area contributed by atoms with Gasteiger partial charge in [-0.05, 0) is 75.8 Å². The minimum absolute atomic E-state index is 0.282. The van der Waals surface area contributed by atoms with Crippen LogP contribution in [-0.4, -0.2) is 62.5 Å². The highest BCUT2D eigenvalue weighted by atomic mass is 19.1. The Labute approximate surface area is 209 Å². The second kappa shape index (κ2) is 12.8. The van der Waals surface area contributed by atoms with E-state index in [2.05, 4.69) is 17.1 Å². The largest absolute Gasteiger partial charge is 0.473 e. The van der Waals surface area contributed by atoms with E-state index in [1.165, 1.54) is 12.1 Å². The molecule has 2 aromatic carbocycles. The Kier molecular flexibility index (Phi) is 9.54. The number of likely N-dealkylation sites (tertiary alicyclic amines) is 1. The predicted molar refractivity (Wildman–Crippen MR) is 132 cm³/mol. The highest BCUT2D eigenvalue weighted by Crippen LogP contribution is 2.31. The number of carboxylic acids is 2. The number of rotatable bonds is 7. The number of piperidine rings is 1. The van der Waals surface area contributed by atoms with Crippen LogP contribution in [0.25, 0.3) is 5.69 Å². The van der Waals surface area contributed by atoms with Crippen molar-refractivity contribution in [1.82, 2.24) is 20.0 Å². The number of aromatic nitrogens is 2. The van der Waals surface area contributed by atoms with E-state index >= 15 is 0 Å². The number of hydrogen-bond acceptors (Lipinski definition) is 6. The molecule has 0 atom stereocenters. The maximum Gasteiger partial charge on any atom is 0.414 e.